The number of rotatable bonds is 7. The molecule has 3 nitrogen and oxygen atoms in total. The molecule has 3 rings (SSSR count). The van der Waals surface area contributed by atoms with Crippen LogP contribution in [0, 0.1) is 6.92 Å². The van der Waals surface area contributed by atoms with E-state index in [4.69, 9.17) is 9.47 Å². The first-order valence-corrected chi connectivity index (χ1v) is 9.28. The number of benzene rings is 3. The molecule has 0 unspecified atom stereocenters. The predicted molar refractivity (Wildman–Crippen MR) is 108 cm³/mol. The Balaban J connectivity index is 1.61. The molecule has 0 aliphatic rings. The van der Waals surface area contributed by atoms with Gasteiger partial charge in [0.2, 0.25) is 0 Å². The number of ether oxygens (including phenoxy) is 2. The summed E-state index contributed by atoms with van der Waals surface area (Å²) in [7, 11) is 0. The maximum atomic E-state index is 12.3. The van der Waals surface area contributed by atoms with Gasteiger partial charge in [0.15, 0.2) is 0 Å². The SMILES string of the molecule is CCCCOc1ccc(OC(=O)c2ccc(-c3ccc(C)cc3)cc2)cc1. The molecule has 0 spiro atoms. The Morgan fingerprint density at radius 2 is 1.33 bits per heavy atom. The maximum Gasteiger partial charge on any atom is 0.343 e. The Morgan fingerprint density at radius 3 is 1.93 bits per heavy atom. The van der Waals surface area contributed by atoms with Crippen LogP contribution in [0.15, 0.2) is 72.8 Å². The zero-order chi connectivity index (χ0) is 19.1. The molecule has 0 saturated heterocycles. The molecule has 0 aromatic heterocycles. The van der Waals surface area contributed by atoms with Gasteiger partial charge in [0.05, 0.1) is 12.2 Å². The van der Waals surface area contributed by atoms with Crippen molar-refractivity contribution in [2.45, 2.75) is 26.7 Å². The van der Waals surface area contributed by atoms with Gasteiger partial charge < -0.3 is 9.47 Å². The smallest absolute Gasteiger partial charge is 0.343 e. The summed E-state index contributed by atoms with van der Waals surface area (Å²) in [4.78, 5) is 12.3. The van der Waals surface area contributed by atoms with E-state index in [-0.39, 0.29) is 5.97 Å². The lowest BCUT2D eigenvalue weighted by Crippen LogP contribution is -2.08. The van der Waals surface area contributed by atoms with E-state index >= 15 is 0 Å². The average molecular weight is 360 g/mol. The molecule has 0 N–H and O–H groups in total. The maximum absolute atomic E-state index is 12.3. The van der Waals surface area contributed by atoms with Gasteiger partial charge in [-0.1, -0.05) is 55.3 Å². The van der Waals surface area contributed by atoms with Crippen molar-refractivity contribution in [1.29, 1.82) is 0 Å². The largest absolute Gasteiger partial charge is 0.494 e. The lowest BCUT2D eigenvalue weighted by Gasteiger charge is -2.08. The molecule has 0 aliphatic heterocycles. The number of aryl methyl sites for hydroxylation is 1. The van der Waals surface area contributed by atoms with E-state index in [1.165, 1.54) is 5.56 Å². The highest BCUT2D eigenvalue weighted by atomic mass is 16.5. The monoisotopic (exact) mass is 360 g/mol. The van der Waals surface area contributed by atoms with Crippen LogP contribution in [0.4, 0.5) is 0 Å². The van der Waals surface area contributed by atoms with E-state index in [1.807, 2.05) is 24.3 Å². The third-order valence-corrected chi connectivity index (χ3v) is 4.31. The summed E-state index contributed by atoms with van der Waals surface area (Å²) in [6, 6.07) is 22.9. The number of hydrogen-bond acceptors (Lipinski definition) is 3. The molecule has 0 fully saturated rings. The summed E-state index contributed by atoms with van der Waals surface area (Å²) in [5.41, 5.74) is 3.94. The summed E-state index contributed by atoms with van der Waals surface area (Å²) >= 11 is 0. The minimum atomic E-state index is -0.370. The van der Waals surface area contributed by atoms with Crippen molar-refractivity contribution in [2.75, 3.05) is 6.61 Å². The first kappa shape index (κ1) is 18.7. The van der Waals surface area contributed by atoms with Gasteiger partial charge in [-0.05, 0) is 60.9 Å². The summed E-state index contributed by atoms with van der Waals surface area (Å²) in [6.07, 6.45) is 2.12. The van der Waals surface area contributed by atoms with Crippen LogP contribution in [0.2, 0.25) is 0 Å². The van der Waals surface area contributed by atoms with Crippen LogP contribution in [0.25, 0.3) is 11.1 Å². The van der Waals surface area contributed by atoms with Crippen molar-refractivity contribution < 1.29 is 14.3 Å². The molecule has 0 aliphatic carbocycles. The molecule has 0 heterocycles. The summed E-state index contributed by atoms with van der Waals surface area (Å²) in [6.45, 7) is 4.88. The molecule has 3 aromatic carbocycles. The van der Waals surface area contributed by atoms with E-state index in [0.717, 1.165) is 29.7 Å². The minimum absolute atomic E-state index is 0.370. The number of carbonyl (C=O) groups excluding carboxylic acids is 1. The van der Waals surface area contributed by atoms with Crippen LogP contribution in [0.3, 0.4) is 0 Å². The number of carbonyl (C=O) groups is 1. The Kier molecular flexibility index (Phi) is 6.26. The third kappa shape index (κ3) is 5.20. The van der Waals surface area contributed by atoms with Gasteiger partial charge in [0.1, 0.15) is 11.5 Å². The van der Waals surface area contributed by atoms with E-state index < -0.39 is 0 Å². The Morgan fingerprint density at radius 1 is 0.778 bits per heavy atom. The average Bonchev–Trinajstić information content (AvgIpc) is 2.70. The lowest BCUT2D eigenvalue weighted by molar-refractivity contribution is 0.0734. The van der Waals surface area contributed by atoms with Gasteiger partial charge in [-0.25, -0.2) is 4.79 Å². The molecule has 0 bridgehead atoms. The zero-order valence-corrected chi connectivity index (χ0v) is 15.8. The number of unbranched alkanes of at least 4 members (excludes halogenated alkanes) is 1. The van der Waals surface area contributed by atoms with Gasteiger partial charge >= 0.3 is 5.97 Å². The van der Waals surface area contributed by atoms with Crippen LogP contribution < -0.4 is 9.47 Å². The van der Waals surface area contributed by atoms with E-state index in [1.54, 1.807) is 24.3 Å². The fourth-order valence-electron chi connectivity index (χ4n) is 2.65. The number of hydrogen-bond donors (Lipinski definition) is 0. The van der Waals surface area contributed by atoms with Gasteiger partial charge in [0, 0.05) is 0 Å². The molecule has 27 heavy (non-hydrogen) atoms. The molecule has 0 saturated carbocycles. The van der Waals surface area contributed by atoms with Crippen LogP contribution in [-0.2, 0) is 0 Å². The van der Waals surface area contributed by atoms with Crippen molar-refractivity contribution >= 4 is 5.97 Å². The quantitative estimate of drug-likeness (QED) is 0.292. The Labute approximate surface area is 160 Å². The van der Waals surface area contributed by atoms with Crippen LogP contribution >= 0.6 is 0 Å². The second-order valence-electron chi connectivity index (χ2n) is 6.51. The summed E-state index contributed by atoms with van der Waals surface area (Å²) < 4.78 is 11.1. The fourth-order valence-corrected chi connectivity index (χ4v) is 2.65. The van der Waals surface area contributed by atoms with Crippen molar-refractivity contribution in [3.05, 3.63) is 83.9 Å². The summed E-state index contributed by atoms with van der Waals surface area (Å²) in [5, 5.41) is 0. The first-order chi connectivity index (χ1) is 13.2. The van der Waals surface area contributed by atoms with E-state index in [0.29, 0.717) is 17.9 Å². The Bertz CT molecular complexity index is 863. The molecule has 0 amide bonds. The van der Waals surface area contributed by atoms with Gasteiger partial charge in [-0.3, -0.25) is 0 Å². The first-order valence-electron chi connectivity index (χ1n) is 9.28. The van der Waals surface area contributed by atoms with Gasteiger partial charge in [-0.15, -0.1) is 0 Å². The second-order valence-corrected chi connectivity index (χ2v) is 6.51. The van der Waals surface area contributed by atoms with Crippen molar-refractivity contribution in [2.24, 2.45) is 0 Å². The lowest BCUT2D eigenvalue weighted by atomic mass is 10.0. The molecular weight excluding hydrogens is 336 g/mol. The fraction of sp³-hybridized carbons (Fsp3) is 0.208. The topological polar surface area (TPSA) is 35.5 Å². The van der Waals surface area contributed by atoms with Crippen LogP contribution in [-0.4, -0.2) is 12.6 Å². The molecule has 3 aromatic rings. The summed E-state index contributed by atoms with van der Waals surface area (Å²) in [5.74, 6) is 0.918. The Hall–Kier alpha value is -3.07. The molecule has 138 valence electrons. The third-order valence-electron chi connectivity index (χ3n) is 4.31. The van der Waals surface area contributed by atoms with Crippen molar-refractivity contribution in [3.8, 4) is 22.6 Å². The molecule has 0 atom stereocenters. The minimum Gasteiger partial charge on any atom is -0.494 e. The van der Waals surface area contributed by atoms with Crippen LogP contribution in [0.5, 0.6) is 11.5 Å². The molecule has 3 heteroatoms. The molecular formula is C24H24O3. The highest BCUT2D eigenvalue weighted by Gasteiger charge is 2.09. The zero-order valence-electron chi connectivity index (χ0n) is 15.8. The van der Waals surface area contributed by atoms with Gasteiger partial charge in [-0.2, -0.15) is 0 Å². The second kappa shape index (κ2) is 9.04. The number of esters is 1. The van der Waals surface area contributed by atoms with Crippen molar-refractivity contribution in [3.63, 3.8) is 0 Å². The van der Waals surface area contributed by atoms with Crippen LogP contribution in [0.1, 0.15) is 35.7 Å². The molecule has 0 radical (unpaired) electrons. The van der Waals surface area contributed by atoms with E-state index in [9.17, 15) is 4.79 Å². The normalized spacial score (nSPS) is 10.4. The highest BCUT2D eigenvalue weighted by molar-refractivity contribution is 5.91. The van der Waals surface area contributed by atoms with Crippen molar-refractivity contribution in [1.82, 2.24) is 0 Å². The highest BCUT2D eigenvalue weighted by Crippen LogP contribution is 2.22. The predicted octanol–water partition coefficient (Wildman–Crippen LogP) is 6.06. The standard InChI is InChI=1S/C24H24O3/c1-3-4-17-26-22-13-15-23(16-14-22)27-24(25)21-11-9-20(10-12-21)19-7-5-18(2)6-8-19/h5-16H,3-4,17H2,1-2H3. The van der Waals surface area contributed by atoms with Gasteiger partial charge in [0.25, 0.3) is 0 Å². The van der Waals surface area contributed by atoms with E-state index in [2.05, 4.69) is 38.1 Å².